The van der Waals surface area contributed by atoms with Gasteiger partial charge in [-0.2, -0.15) is 0 Å². The molecule has 1 heterocycles. The van der Waals surface area contributed by atoms with Gasteiger partial charge in [0.25, 0.3) is 0 Å². The lowest BCUT2D eigenvalue weighted by atomic mass is 10.1. The van der Waals surface area contributed by atoms with Crippen molar-refractivity contribution in [3.63, 3.8) is 0 Å². The number of amides is 1. The van der Waals surface area contributed by atoms with Crippen LogP contribution in [0.25, 0.3) is 0 Å². The van der Waals surface area contributed by atoms with E-state index >= 15 is 0 Å². The van der Waals surface area contributed by atoms with E-state index in [4.69, 9.17) is 0 Å². The van der Waals surface area contributed by atoms with Crippen LogP contribution < -0.4 is 5.32 Å². The maximum atomic E-state index is 13.9. The number of guanidine groups is 1. The standard InChI is InChI=1S/C18H22F2N4O/c1-21-18(23-7-8-24(11-5-6-11)16(25)10-23)22-15-9-12(15)17-13(19)3-2-4-14(17)20/h2-4,11-12,15H,5-10H2,1H3,(H,21,22). The average molecular weight is 348 g/mol. The van der Waals surface area contributed by atoms with E-state index in [2.05, 4.69) is 10.3 Å². The van der Waals surface area contributed by atoms with Crippen LogP contribution in [0.2, 0.25) is 0 Å². The molecule has 5 nitrogen and oxygen atoms in total. The molecule has 25 heavy (non-hydrogen) atoms. The van der Waals surface area contributed by atoms with Gasteiger partial charge in [-0.25, -0.2) is 8.78 Å². The van der Waals surface area contributed by atoms with Gasteiger partial charge in [0, 0.05) is 43.7 Å². The van der Waals surface area contributed by atoms with Gasteiger partial charge in [-0.3, -0.25) is 9.79 Å². The lowest BCUT2D eigenvalue weighted by molar-refractivity contribution is -0.135. The number of carbonyl (C=O) groups excluding carboxylic acids is 1. The second-order valence-corrected chi connectivity index (χ2v) is 7.02. The van der Waals surface area contributed by atoms with Crippen molar-refractivity contribution in [2.24, 2.45) is 4.99 Å². The summed E-state index contributed by atoms with van der Waals surface area (Å²) in [6.07, 6.45) is 2.88. The molecule has 2 aliphatic carbocycles. The van der Waals surface area contributed by atoms with Crippen molar-refractivity contribution in [3.8, 4) is 0 Å². The van der Waals surface area contributed by atoms with E-state index in [0.717, 1.165) is 19.4 Å². The zero-order valence-corrected chi connectivity index (χ0v) is 14.2. The van der Waals surface area contributed by atoms with Crippen molar-refractivity contribution in [1.82, 2.24) is 15.1 Å². The molecule has 0 bridgehead atoms. The molecule has 2 unspecified atom stereocenters. The normalized spacial score (nSPS) is 26.8. The number of piperazine rings is 1. The predicted octanol–water partition coefficient (Wildman–Crippen LogP) is 1.70. The molecule has 0 aromatic heterocycles. The summed E-state index contributed by atoms with van der Waals surface area (Å²) in [6, 6.07) is 4.34. The summed E-state index contributed by atoms with van der Waals surface area (Å²) >= 11 is 0. The number of hydrogen-bond acceptors (Lipinski definition) is 2. The van der Waals surface area contributed by atoms with E-state index in [9.17, 15) is 13.6 Å². The zero-order valence-electron chi connectivity index (χ0n) is 14.2. The first-order valence-corrected chi connectivity index (χ1v) is 8.80. The van der Waals surface area contributed by atoms with Crippen molar-refractivity contribution >= 4 is 11.9 Å². The number of halogens is 2. The van der Waals surface area contributed by atoms with E-state index in [0.29, 0.717) is 31.5 Å². The minimum atomic E-state index is -0.502. The number of hydrogen-bond donors (Lipinski definition) is 1. The Balaban J connectivity index is 1.38. The van der Waals surface area contributed by atoms with Crippen LogP contribution in [-0.4, -0.2) is 60.4 Å². The monoisotopic (exact) mass is 348 g/mol. The first-order valence-electron chi connectivity index (χ1n) is 8.80. The molecule has 1 aromatic rings. The molecular formula is C18H22F2N4O. The topological polar surface area (TPSA) is 47.9 Å². The Morgan fingerprint density at radius 1 is 1.24 bits per heavy atom. The number of nitrogens with zero attached hydrogens (tertiary/aromatic N) is 3. The molecule has 3 aliphatic rings. The number of aliphatic imine (C=N–C) groups is 1. The molecule has 1 aromatic carbocycles. The van der Waals surface area contributed by atoms with E-state index in [1.165, 1.54) is 18.2 Å². The second-order valence-electron chi connectivity index (χ2n) is 7.02. The SMILES string of the molecule is CN=C(NC1CC1c1c(F)cccc1F)N1CCN(C2CC2)C(=O)C1. The zero-order chi connectivity index (χ0) is 17.6. The Hall–Kier alpha value is -2.18. The Kier molecular flexibility index (Phi) is 4.09. The lowest BCUT2D eigenvalue weighted by Crippen LogP contribution is -2.56. The molecule has 134 valence electrons. The van der Waals surface area contributed by atoms with Crippen LogP contribution in [0.15, 0.2) is 23.2 Å². The summed E-state index contributed by atoms with van der Waals surface area (Å²) in [4.78, 5) is 20.4. The maximum absolute atomic E-state index is 13.9. The fourth-order valence-electron chi connectivity index (χ4n) is 3.64. The first kappa shape index (κ1) is 16.3. The van der Waals surface area contributed by atoms with Gasteiger partial charge in [-0.05, 0) is 31.4 Å². The maximum Gasteiger partial charge on any atom is 0.242 e. The van der Waals surface area contributed by atoms with Crippen molar-refractivity contribution in [2.45, 2.75) is 37.3 Å². The third kappa shape index (κ3) is 3.19. The minimum absolute atomic E-state index is 0.0540. The van der Waals surface area contributed by atoms with Crippen LogP contribution in [0.1, 0.15) is 30.7 Å². The molecule has 7 heteroatoms. The number of nitrogens with one attached hydrogen (secondary N) is 1. The summed E-state index contributed by atoms with van der Waals surface area (Å²) in [5.41, 5.74) is 0.144. The molecule has 2 atom stereocenters. The Morgan fingerprint density at radius 3 is 2.56 bits per heavy atom. The average Bonchev–Trinajstić information content (AvgIpc) is 3.48. The van der Waals surface area contributed by atoms with Gasteiger partial charge in [0.2, 0.25) is 5.91 Å². The third-order valence-corrected chi connectivity index (χ3v) is 5.23. The molecule has 3 fully saturated rings. The van der Waals surface area contributed by atoms with Crippen LogP contribution in [0.3, 0.4) is 0 Å². The molecule has 2 saturated carbocycles. The number of benzene rings is 1. The van der Waals surface area contributed by atoms with E-state index in [-0.39, 0.29) is 23.4 Å². The second kappa shape index (κ2) is 6.28. The van der Waals surface area contributed by atoms with Gasteiger partial charge in [0.1, 0.15) is 11.6 Å². The highest BCUT2D eigenvalue weighted by atomic mass is 19.1. The van der Waals surface area contributed by atoms with Crippen LogP contribution in [0, 0.1) is 11.6 Å². The van der Waals surface area contributed by atoms with Gasteiger partial charge < -0.3 is 15.1 Å². The highest BCUT2D eigenvalue weighted by molar-refractivity contribution is 5.88. The fraction of sp³-hybridized carbons (Fsp3) is 0.556. The fourth-order valence-corrected chi connectivity index (χ4v) is 3.64. The molecule has 1 aliphatic heterocycles. The lowest BCUT2D eigenvalue weighted by Gasteiger charge is -2.36. The Labute approximate surface area is 145 Å². The van der Waals surface area contributed by atoms with Crippen LogP contribution >= 0.6 is 0 Å². The van der Waals surface area contributed by atoms with Crippen LogP contribution in [-0.2, 0) is 4.79 Å². The minimum Gasteiger partial charge on any atom is -0.353 e. The summed E-state index contributed by atoms with van der Waals surface area (Å²) in [6.45, 7) is 1.75. The van der Waals surface area contributed by atoms with E-state index in [1.54, 1.807) is 7.05 Å². The molecule has 4 rings (SSSR count). The molecule has 0 radical (unpaired) electrons. The largest absolute Gasteiger partial charge is 0.353 e. The van der Waals surface area contributed by atoms with Crippen molar-refractivity contribution in [3.05, 3.63) is 35.4 Å². The van der Waals surface area contributed by atoms with Crippen LogP contribution in [0.5, 0.6) is 0 Å². The van der Waals surface area contributed by atoms with Crippen molar-refractivity contribution in [1.29, 1.82) is 0 Å². The highest BCUT2D eigenvalue weighted by Crippen LogP contribution is 2.43. The van der Waals surface area contributed by atoms with Gasteiger partial charge in [-0.1, -0.05) is 6.07 Å². The van der Waals surface area contributed by atoms with Gasteiger partial charge in [0.15, 0.2) is 5.96 Å². The molecule has 1 amide bonds. The summed E-state index contributed by atoms with van der Waals surface area (Å²) in [7, 11) is 1.67. The molecule has 1 saturated heterocycles. The van der Waals surface area contributed by atoms with Gasteiger partial charge in [-0.15, -0.1) is 0 Å². The first-order chi connectivity index (χ1) is 12.1. The van der Waals surface area contributed by atoms with Crippen molar-refractivity contribution in [2.75, 3.05) is 26.7 Å². The summed E-state index contributed by atoms with van der Waals surface area (Å²) in [5.74, 6) is -0.436. The Bertz CT molecular complexity index is 699. The smallest absolute Gasteiger partial charge is 0.242 e. The third-order valence-electron chi connectivity index (χ3n) is 5.23. The van der Waals surface area contributed by atoms with Crippen LogP contribution in [0.4, 0.5) is 8.78 Å². The van der Waals surface area contributed by atoms with Gasteiger partial charge >= 0.3 is 0 Å². The molecular weight excluding hydrogens is 326 g/mol. The Morgan fingerprint density at radius 2 is 1.96 bits per heavy atom. The highest BCUT2D eigenvalue weighted by Gasteiger charge is 2.43. The summed E-state index contributed by atoms with van der Waals surface area (Å²) in [5, 5.41) is 3.27. The molecule has 0 spiro atoms. The van der Waals surface area contributed by atoms with Gasteiger partial charge in [0.05, 0.1) is 6.54 Å². The number of rotatable bonds is 3. The van der Waals surface area contributed by atoms with Crippen molar-refractivity contribution < 1.29 is 13.6 Å². The number of carbonyl (C=O) groups is 1. The van der Waals surface area contributed by atoms with E-state index in [1.807, 2.05) is 9.80 Å². The molecule has 1 N–H and O–H groups in total. The van der Waals surface area contributed by atoms with E-state index < -0.39 is 11.6 Å². The summed E-state index contributed by atoms with van der Waals surface area (Å²) < 4.78 is 27.8. The predicted molar refractivity (Wildman–Crippen MR) is 90.3 cm³/mol. The quantitative estimate of drug-likeness (QED) is 0.668.